The topological polar surface area (TPSA) is 64.4 Å². The van der Waals surface area contributed by atoms with Crippen LogP contribution in [0.1, 0.15) is 31.7 Å². The van der Waals surface area contributed by atoms with Crippen LogP contribution < -0.4 is 4.74 Å². The van der Waals surface area contributed by atoms with Crippen LogP contribution in [0.15, 0.2) is 43.0 Å². The largest absolute Gasteiger partial charge is 0.479 e. The highest BCUT2D eigenvalue weighted by Gasteiger charge is 2.19. The molecule has 0 aliphatic carbocycles. The van der Waals surface area contributed by atoms with Crippen molar-refractivity contribution in [1.82, 2.24) is 9.55 Å². The molecule has 21 heavy (non-hydrogen) atoms. The van der Waals surface area contributed by atoms with E-state index in [-0.39, 0.29) is 0 Å². The normalized spacial score (nSPS) is 12.0. The van der Waals surface area contributed by atoms with Gasteiger partial charge in [-0.2, -0.15) is 0 Å². The minimum Gasteiger partial charge on any atom is -0.479 e. The molecule has 0 aliphatic rings. The van der Waals surface area contributed by atoms with Crippen molar-refractivity contribution >= 4 is 5.97 Å². The molecule has 1 aromatic carbocycles. The van der Waals surface area contributed by atoms with Crippen LogP contribution in [0.3, 0.4) is 0 Å². The standard InChI is InChI=1S/C16H20N2O3/c1-2-3-7-15(16(19)20)21-14-8-5-4-6-13(14)11-18-10-9-17-12-18/h4-6,8-10,12,15H,2-3,7,11H2,1H3,(H,19,20). The first-order valence-electron chi connectivity index (χ1n) is 7.13. The van der Waals surface area contributed by atoms with Gasteiger partial charge in [0.15, 0.2) is 6.10 Å². The molecule has 1 aromatic heterocycles. The average molecular weight is 288 g/mol. The lowest BCUT2D eigenvalue weighted by molar-refractivity contribution is -0.145. The number of hydrogen-bond donors (Lipinski definition) is 1. The maximum absolute atomic E-state index is 11.3. The molecule has 0 amide bonds. The molecule has 0 saturated heterocycles. The van der Waals surface area contributed by atoms with Gasteiger partial charge in [-0.05, 0) is 18.9 Å². The zero-order chi connectivity index (χ0) is 15.1. The average Bonchev–Trinajstić information content (AvgIpc) is 2.97. The van der Waals surface area contributed by atoms with Gasteiger partial charge < -0.3 is 14.4 Å². The lowest BCUT2D eigenvalue weighted by Gasteiger charge is -2.17. The summed E-state index contributed by atoms with van der Waals surface area (Å²) in [7, 11) is 0. The summed E-state index contributed by atoms with van der Waals surface area (Å²) in [4.78, 5) is 15.3. The Morgan fingerprint density at radius 3 is 2.90 bits per heavy atom. The Hall–Kier alpha value is -2.30. The number of unbranched alkanes of at least 4 members (excludes halogenated alkanes) is 1. The Kier molecular flexibility index (Phi) is 5.37. The number of ether oxygens (including phenoxy) is 1. The highest BCUT2D eigenvalue weighted by Crippen LogP contribution is 2.22. The Bertz CT molecular complexity index is 567. The molecule has 0 bridgehead atoms. The van der Waals surface area contributed by atoms with Crippen molar-refractivity contribution in [3.05, 3.63) is 48.5 Å². The molecule has 1 N–H and O–H groups in total. The molecule has 2 aromatic rings. The summed E-state index contributed by atoms with van der Waals surface area (Å²) in [6.07, 6.45) is 6.81. The molecule has 0 saturated carbocycles. The molecule has 0 fully saturated rings. The number of rotatable bonds is 8. The minimum absolute atomic E-state index is 0.519. The Morgan fingerprint density at radius 1 is 1.43 bits per heavy atom. The second-order valence-electron chi connectivity index (χ2n) is 4.93. The summed E-state index contributed by atoms with van der Waals surface area (Å²) < 4.78 is 7.65. The lowest BCUT2D eigenvalue weighted by atomic mass is 10.1. The van der Waals surface area contributed by atoms with E-state index in [4.69, 9.17) is 4.74 Å². The molecule has 5 nitrogen and oxygen atoms in total. The van der Waals surface area contributed by atoms with E-state index in [9.17, 15) is 9.90 Å². The molecular weight excluding hydrogens is 268 g/mol. The number of para-hydroxylation sites is 1. The van der Waals surface area contributed by atoms with Crippen LogP contribution in [0.25, 0.3) is 0 Å². The van der Waals surface area contributed by atoms with Crippen LogP contribution in [0.5, 0.6) is 5.75 Å². The van der Waals surface area contributed by atoms with Crippen LogP contribution in [0.2, 0.25) is 0 Å². The number of benzene rings is 1. The molecule has 1 heterocycles. The van der Waals surface area contributed by atoms with Gasteiger partial charge in [0.2, 0.25) is 0 Å². The summed E-state index contributed by atoms with van der Waals surface area (Å²) in [5.74, 6) is -0.296. The van der Waals surface area contributed by atoms with E-state index in [1.165, 1.54) is 0 Å². The minimum atomic E-state index is -0.916. The van der Waals surface area contributed by atoms with Crippen LogP contribution in [-0.4, -0.2) is 26.7 Å². The summed E-state index contributed by atoms with van der Waals surface area (Å²) in [5, 5.41) is 9.27. The summed E-state index contributed by atoms with van der Waals surface area (Å²) >= 11 is 0. The zero-order valence-corrected chi connectivity index (χ0v) is 12.1. The number of aliphatic carboxylic acids is 1. The van der Waals surface area contributed by atoms with Crippen molar-refractivity contribution < 1.29 is 14.6 Å². The first-order chi connectivity index (χ1) is 10.2. The molecule has 1 unspecified atom stereocenters. The quantitative estimate of drug-likeness (QED) is 0.811. The summed E-state index contributed by atoms with van der Waals surface area (Å²) in [6, 6.07) is 7.52. The fourth-order valence-corrected chi connectivity index (χ4v) is 2.10. The molecule has 112 valence electrons. The Morgan fingerprint density at radius 2 is 2.24 bits per heavy atom. The van der Waals surface area contributed by atoms with E-state index >= 15 is 0 Å². The van der Waals surface area contributed by atoms with Crippen LogP contribution >= 0.6 is 0 Å². The second kappa shape index (κ2) is 7.47. The lowest BCUT2D eigenvalue weighted by Crippen LogP contribution is -2.27. The highest BCUT2D eigenvalue weighted by molar-refractivity contribution is 5.72. The third-order valence-electron chi connectivity index (χ3n) is 3.25. The van der Waals surface area contributed by atoms with Crippen molar-refractivity contribution in [2.45, 2.75) is 38.8 Å². The number of nitrogens with zero attached hydrogens (tertiary/aromatic N) is 2. The van der Waals surface area contributed by atoms with Gasteiger partial charge in [0.05, 0.1) is 12.9 Å². The predicted octanol–water partition coefficient (Wildman–Crippen LogP) is 2.95. The van der Waals surface area contributed by atoms with Crippen LogP contribution in [0, 0.1) is 0 Å². The summed E-state index contributed by atoms with van der Waals surface area (Å²) in [5.41, 5.74) is 0.943. The van der Waals surface area contributed by atoms with E-state index in [2.05, 4.69) is 4.98 Å². The molecule has 5 heteroatoms. The van der Waals surface area contributed by atoms with Gasteiger partial charge in [-0.3, -0.25) is 0 Å². The number of carboxylic acids is 1. The number of aromatic nitrogens is 2. The molecule has 1 atom stereocenters. The van der Waals surface area contributed by atoms with E-state index in [0.717, 1.165) is 18.4 Å². The summed E-state index contributed by atoms with van der Waals surface area (Å²) in [6.45, 7) is 2.64. The monoisotopic (exact) mass is 288 g/mol. The van der Waals surface area contributed by atoms with E-state index in [1.807, 2.05) is 42.0 Å². The third kappa shape index (κ3) is 4.34. The first-order valence-corrected chi connectivity index (χ1v) is 7.13. The van der Waals surface area contributed by atoms with Crippen molar-refractivity contribution in [2.75, 3.05) is 0 Å². The zero-order valence-electron chi connectivity index (χ0n) is 12.1. The molecule has 2 rings (SSSR count). The van der Waals surface area contributed by atoms with Gasteiger partial charge >= 0.3 is 5.97 Å². The Labute approximate surface area is 124 Å². The highest BCUT2D eigenvalue weighted by atomic mass is 16.5. The Balaban J connectivity index is 2.12. The number of imidazole rings is 1. The van der Waals surface area contributed by atoms with E-state index in [1.54, 1.807) is 12.5 Å². The van der Waals surface area contributed by atoms with E-state index in [0.29, 0.717) is 18.7 Å². The van der Waals surface area contributed by atoms with Gasteiger partial charge in [0.25, 0.3) is 0 Å². The van der Waals surface area contributed by atoms with Crippen LogP contribution in [-0.2, 0) is 11.3 Å². The van der Waals surface area contributed by atoms with Crippen molar-refractivity contribution in [1.29, 1.82) is 0 Å². The molecule has 0 aliphatic heterocycles. The SMILES string of the molecule is CCCCC(Oc1ccccc1Cn1ccnc1)C(=O)O. The van der Waals surface area contributed by atoms with Gasteiger partial charge in [0.1, 0.15) is 5.75 Å². The third-order valence-corrected chi connectivity index (χ3v) is 3.25. The number of carbonyl (C=O) groups is 1. The van der Waals surface area contributed by atoms with Crippen LogP contribution in [0.4, 0.5) is 0 Å². The van der Waals surface area contributed by atoms with E-state index < -0.39 is 12.1 Å². The predicted molar refractivity (Wildman–Crippen MR) is 79.3 cm³/mol. The number of carboxylic acid groups (broad SMARTS) is 1. The molecule has 0 spiro atoms. The van der Waals surface area contributed by atoms with Crippen molar-refractivity contribution in [3.8, 4) is 5.75 Å². The fraction of sp³-hybridized carbons (Fsp3) is 0.375. The second-order valence-corrected chi connectivity index (χ2v) is 4.93. The molecule has 0 radical (unpaired) electrons. The van der Waals surface area contributed by atoms with Gasteiger partial charge in [0, 0.05) is 18.0 Å². The smallest absolute Gasteiger partial charge is 0.344 e. The first kappa shape index (κ1) is 15.1. The van der Waals surface area contributed by atoms with Crippen molar-refractivity contribution in [2.24, 2.45) is 0 Å². The fourth-order valence-electron chi connectivity index (χ4n) is 2.10. The molecular formula is C16H20N2O3. The maximum Gasteiger partial charge on any atom is 0.344 e. The number of hydrogen-bond acceptors (Lipinski definition) is 3. The van der Waals surface area contributed by atoms with Crippen molar-refractivity contribution in [3.63, 3.8) is 0 Å². The maximum atomic E-state index is 11.3. The van der Waals surface area contributed by atoms with Gasteiger partial charge in [-0.1, -0.05) is 31.5 Å². The van der Waals surface area contributed by atoms with Gasteiger partial charge in [-0.25, -0.2) is 9.78 Å². The van der Waals surface area contributed by atoms with Gasteiger partial charge in [-0.15, -0.1) is 0 Å².